The Hall–Kier alpha value is -2.99. The van der Waals surface area contributed by atoms with Crippen LogP contribution in [0.4, 0.5) is 5.82 Å². The molecule has 1 aliphatic rings. The van der Waals surface area contributed by atoms with Gasteiger partial charge in [0.05, 0.1) is 18.7 Å². The molecule has 1 saturated heterocycles. The maximum Gasteiger partial charge on any atom is 0.328 e. The molecule has 2 heterocycles. The molecule has 0 spiro atoms. The fraction of sp³-hybridized carbons (Fsp3) is 0.250. The molecule has 1 aromatic heterocycles. The van der Waals surface area contributed by atoms with Gasteiger partial charge in [-0.25, -0.2) is 14.8 Å². The van der Waals surface area contributed by atoms with Gasteiger partial charge in [0.25, 0.3) is 0 Å². The zero-order valence-electron chi connectivity index (χ0n) is 14.4. The first kappa shape index (κ1) is 16.5. The first-order valence-corrected chi connectivity index (χ1v) is 8.52. The number of carbonyl (C=O) groups is 1. The number of hydrogen-bond donors (Lipinski definition) is 1. The standard InChI is InChI=1S/C20H19N3O3/c1-26-20(25)17-11-14(24)12-23(17)19-15-9-5-6-10-16(15)21-18(22-19)13-7-3-2-4-8-13/h2-10,14,17,24H,11-12H2,1H3/t14-,17-/m0/s1. The SMILES string of the molecule is COC(=O)[C@@H]1C[C@H](O)CN1c1nc(-c2ccccc2)nc2ccccc12. The summed E-state index contributed by atoms with van der Waals surface area (Å²) in [6.45, 7) is 0.328. The molecule has 0 amide bonds. The summed E-state index contributed by atoms with van der Waals surface area (Å²) in [6, 6.07) is 16.8. The van der Waals surface area contributed by atoms with Crippen LogP contribution < -0.4 is 4.90 Å². The topological polar surface area (TPSA) is 75.6 Å². The molecule has 132 valence electrons. The molecule has 6 nitrogen and oxygen atoms in total. The predicted molar refractivity (Wildman–Crippen MR) is 98.7 cm³/mol. The van der Waals surface area contributed by atoms with Crippen LogP contribution in [0.2, 0.25) is 0 Å². The van der Waals surface area contributed by atoms with Gasteiger partial charge < -0.3 is 14.7 Å². The highest BCUT2D eigenvalue weighted by Crippen LogP contribution is 2.32. The first-order chi connectivity index (χ1) is 12.7. The lowest BCUT2D eigenvalue weighted by molar-refractivity contribution is -0.142. The number of anilines is 1. The van der Waals surface area contributed by atoms with Crippen LogP contribution in [0, 0.1) is 0 Å². The van der Waals surface area contributed by atoms with Crippen molar-refractivity contribution in [2.45, 2.75) is 18.6 Å². The summed E-state index contributed by atoms with van der Waals surface area (Å²) in [5.41, 5.74) is 1.69. The molecule has 3 aromatic rings. The van der Waals surface area contributed by atoms with E-state index in [-0.39, 0.29) is 5.97 Å². The Balaban J connectivity index is 1.89. The lowest BCUT2D eigenvalue weighted by atomic mass is 10.1. The molecule has 4 rings (SSSR count). The molecule has 0 unspecified atom stereocenters. The molecule has 2 aromatic carbocycles. The van der Waals surface area contributed by atoms with Crippen LogP contribution >= 0.6 is 0 Å². The third-order valence-electron chi connectivity index (χ3n) is 4.64. The van der Waals surface area contributed by atoms with Gasteiger partial charge in [-0.15, -0.1) is 0 Å². The van der Waals surface area contributed by atoms with Crippen LogP contribution in [0.5, 0.6) is 0 Å². The fourth-order valence-corrected chi connectivity index (χ4v) is 3.40. The average Bonchev–Trinajstić information content (AvgIpc) is 3.08. The van der Waals surface area contributed by atoms with Crippen molar-refractivity contribution < 1.29 is 14.6 Å². The van der Waals surface area contributed by atoms with Crippen molar-refractivity contribution in [1.82, 2.24) is 9.97 Å². The van der Waals surface area contributed by atoms with Gasteiger partial charge >= 0.3 is 5.97 Å². The molecular formula is C20H19N3O3. The Morgan fingerprint density at radius 1 is 1.12 bits per heavy atom. The summed E-state index contributed by atoms with van der Waals surface area (Å²) < 4.78 is 4.93. The number of hydrogen-bond acceptors (Lipinski definition) is 6. The van der Waals surface area contributed by atoms with E-state index < -0.39 is 12.1 Å². The number of aliphatic hydroxyl groups excluding tert-OH is 1. The smallest absolute Gasteiger partial charge is 0.328 e. The predicted octanol–water partition coefficient (Wildman–Crippen LogP) is 2.41. The normalized spacial score (nSPS) is 19.7. The Labute approximate surface area is 151 Å². The number of carbonyl (C=O) groups excluding carboxylic acids is 1. The Bertz CT molecular complexity index is 945. The molecule has 1 fully saturated rings. The number of β-amino-alcohol motifs (C(OH)–C–C–N with tert-alkyl or cyclic N) is 1. The van der Waals surface area contributed by atoms with E-state index in [4.69, 9.17) is 9.72 Å². The average molecular weight is 349 g/mol. The van der Waals surface area contributed by atoms with Crippen LogP contribution in [0.15, 0.2) is 54.6 Å². The highest BCUT2D eigenvalue weighted by Gasteiger charge is 2.38. The van der Waals surface area contributed by atoms with Crippen LogP contribution in [0.1, 0.15) is 6.42 Å². The van der Waals surface area contributed by atoms with E-state index in [1.54, 1.807) is 0 Å². The van der Waals surface area contributed by atoms with Gasteiger partial charge in [-0.05, 0) is 12.1 Å². The van der Waals surface area contributed by atoms with E-state index in [1.165, 1.54) is 7.11 Å². The van der Waals surface area contributed by atoms with E-state index in [2.05, 4.69) is 4.98 Å². The van der Waals surface area contributed by atoms with E-state index in [0.29, 0.717) is 24.6 Å². The Kier molecular flexibility index (Phi) is 4.26. The number of esters is 1. The highest BCUT2D eigenvalue weighted by molar-refractivity contribution is 5.93. The second-order valence-corrected chi connectivity index (χ2v) is 6.33. The van der Waals surface area contributed by atoms with Crippen molar-refractivity contribution in [1.29, 1.82) is 0 Å². The highest BCUT2D eigenvalue weighted by atomic mass is 16.5. The van der Waals surface area contributed by atoms with Gasteiger partial charge in [0, 0.05) is 23.9 Å². The van der Waals surface area contributed by atoms with Crippen molar-refractivity contribution in [2.75, 3.05) is 18.6 Å². The lowest BCUT2D eigenvalue weighted by Gasteiger charge is -2.25. The van der Waals surface area contributed by atoms with E-state index in [9.17, 15) is 9.90 Å². The molecule has 2 atom stereocenters. The fourth-order valence-electron chi connectivity index (χ4n) is 3.40. The molecule has 1 N–H and O–H groups in total. The Morgan fingerprint density at radius 2 is 1.85 bits per heavy atom. The van der Waals surface area contributed by atoms with Crippen molar-refractivity contribution in [3.8, 4) is 11.4 Å². The maximum atomic E-state index is 12.2. The quantitative estimate of drug-likeness (QED) is 0.732. The number of aliphatic hydroxyl groups is 1. The van der Waals surface area contributed by atoms with Crippen LogP contribution in [-0.2, 0) is 9.53 Å². The monoisotopic (exact) mass is 349 g/mol. The second kappa shape index (κ2) is 6.72. The maximum absolute atomic E-state index is 12.2. The molecule has 0 radical (unpaired) electrons. The van der Waals surface area contributed by atoms with Gasteiger partial charge in [0.1, 0.15) is 11.9 Å². The van der Waals surface area contributed by atoms with E-state index >= 15 is 0 Å². The van der Waals surface area contributed by atoms with E-state index in [1.807, 2.05) is 59.5 Å². The molecule has 0 aliphatic carbocycles. The zero-order valence-corrected chi connectivity index (χ0v) is 14.4. The van der Waals surface area contributed by atoms with Gasteiger partial charge in [-0.2, -0.15) is 0 Å². The van der Waals surface area contributed by atoms with E-state index in [0.717, 1.165) is 16.5 Å². The number of fused-ring (bicyclic) bond motifs is 1. The van der Waals surface area contributed by atoms with Crippen LogP contribution in [0.3, 0.4) is 0 Å². The van der Waals surface area contributed by atoms with Crippen molar-refractivity contribution in [3.63, 3.8) is 0 Å². The van der Waals surface area contributed by atoms with Gasteiger partial charge in [0.15, 0.2) is 5.82 Å². The number of methoxy groups -OCH3 is 1. The van der Waals surface area contributed by atoms with Crippen LogP contribution in [0.25, 0.3) is 22.3 Å². The third kappa shape index (κ3) is 2.88. The number of ether oxygens (including phenoxy) is 1. The molecule has 26 heavy (non-hydrogen) atoms. The number of benzene rings is 2. The summed E-state index contributed by atoms with van der Waals surface area (Å²) in [7, 11) is 1.36. The van der Waals surface area contributed by atoms with Gasteiger partial charge in [-0.1, -0.05) is 42.5 Å². The third-order valence-corrected chi connectivity index (χ3v) is 4.64. The minimum atomic E-state index is -0.604. The molecule has 0 saturated carbocycles. The summed E-state index contributed by atoms with van der Waals surface area (Å²) >= 11 is 0. The number of nitrogens with zero attached hydrogens (tertiary/aromatic N) is 3. The lowest BCUT2D eigenvalue weighted by Crippen LogP contribution is -2.37. The molecular weight excluding hydrogens is 330 g/mol. The van der Waals surface area contributed by atoms with Gasteiger partial charge in [0.2, 0.25) is 0 Å². The summed E-state index contributed by atoms with van der Waals surface area (Å²) in [4.78, 5) is 23.5. The van der Waals surface area contributed by atoms with Crippen molar-refractivity contribution >= 4 is 22.7 Å². The molecule has 0 bridgehead atoms. The molecule has 1 aliphatic heterocycles. The number of rotatable bonds is 3. The zero-order chi connectivity index (χ0) is 18.1. The summed E-state index contributed by atoms with van der Waals surface area (Å²) in [6.07, 6.45) is -0.279. The summed E-state index contributed by atoms with van der Waals surface area (Å²) in [5, 5.41) is 11.0. The number of para-hydroxylation sites is 1. The van der Waals surface area contributed by atoms with Gasteiger partial charge in [-0.3, -0.25) is 0 Å². The minimum Gasteiger partial charge on any atom is -0.467 e. The first-order valence-electron chi connectivity index (χ1n) is 8.52. The van der Waals surface area contributed by atoms with Crippen molar-refractivity contribution in [3.05, 3.63) is 54.6 Å². The van der Waals surface area contributed by atoms with Crippen LogP contribution in [-0.4, -0.2) is 46.8 Å². The molecule has 6 heteroatoms. The minimum absolute atomic E-state index is 0.325. The van der Waals surface area contributed by atoms with Crippen molar-refractivity contribution in [2.24, 2.45) is 0 Å². The second-order valence-electron chi connectivity index (χ2n) is 6.33. The largest absolute Gasteiger partial charge is 0.467 e. The Morgan fingerprint density at radius 3 is 2.62 bits per heavy atom. The number of aromatic nitrogens is 2. The summed E-state index contributed by atoms with van der Waals surface area (Å²) in [5.74, 6) is 0.858.